The van der Waals surface area contributed by atoms with Gasteiger partial charge in [-0.2, -0.15) is 0 Å². The van der Waals surface area contributed by atoms with Gasteiger partial charge in [-0.15, -0.1) is 0 Å². The summed E-state index contributed by atoms with van der Waals surface area (Å²) in [4.78, 5) is 27.5. The molecule has 6 heteroatoms. The highest BCUT2D eigenvalue weighted by molar-refractivity contribution is 6.46. The van der Waals surface area contributed by atoms with Crippen LogP contribution in [0.25, 0.3) is 5.76 Å². The van der Waals surface area contributed by atoms with Gasteiger partial charge in [0.25, 0.3) is 11.7 Å². The molecule has 0 aromatic heterocycles. The number of methoxy groups -OCH3 is 2. The zero-order valence-electron chi connectivity index (χ0n) is 19.6. The first-order valence-corrected chi connectivity index (χ1v) is 10.7. The molecular weight excluding hydrogens is 406 g/mol. The highest BCUT2D eigenvalue weighted by Crippen LogP contribution is 2.42. The maximum atomic E-state index is 13.1. The van der Waals surface area contributed by atoms with Crippen LogP contribution in [0, 0.1) is 0 Å². The van der Waals surface area contributed by atoms with Crippen molar-refractivity contribution in [1.29, 1.82) is 0 Å². The number of aliphatic hydroxyl groups excluding tert-OH is 1. The number of ketones is 1. The number of ether oxygens (including phenoxy) is 2. The summed E-state index contributed by atoms with van der Waals surface area (Å²) in [7, 11) is 3.00. The predicted octanol–water partition coefficient (Wildman–Crippen LogP) is 4.83. The lowest BCUT2D eigenvalue weighted by Crippen LogP contribution is -2.30. The minimum absolute atomic E-state index is 0.0300. The molecule has 1 aliphatic heterocycles. The van der Waals surface area contributed by atoms with E-state index in [0.29, 0.717) is 30.0 Å². The average Bonchev–Trinajstić information content (AvgIpc) is 3.03. The second kappa shape index (κ2) is 9.07. The first-order chi connectivity index (χ1) is 15.1. The fourth-order valence-electron chi connectivity index (χ4n) is 4.01. The van der Waals surface area contributed by atoms with E-state index < -0.39 is 17.7 Å². The van der Waals surface area contributed by atoms with Gasteiger partial charge in [0.2, 0.25) is 0 Å². The van der Waals surface area contributed by atoms with Crippen molar-refractivity contribution < 1.29 is 24.2 Å². The van der Waals surface area contributed by atoms with Crippen molar-refractivity contribution >= 4 is 17.4 Å². The Balaban J connectivity index is 2.22. The van der Waals surface area contributed by atoms with Gasteiger partial charge in [0.1, 0.15) is 17.3 Å². The Morgan fingerprint density at radius 3 is 2.22 bits per heavy atom. The van der Waals surface area contributed by atoms with Crippen molar-refractivity contribution in [1.82, 2.24) is 4.90 Å². The van der Waals surface area contributed by atoms with E-state index >= 15 is 0 Å². The molecule has 1 heterocycles. The molecular formula is C26H31NO5. The molecule has 0 spiro atoms. The Morgan fingerprint density at radius 1 is 1.03 bits per heavy atom. The summed E-state index contributed by atoms with van der Waals surface area (Å²) < 4.78 is 10.7. The summed E-state index contributed by atoms with van der Waals surface area (Å²) in [6, 6.07) is 12.1. The van der Waals surface area contributed by atoms with Gasteiger partial charge >= 0.3 is 0 Å². The molecule has 1 aliphatic rings. The van der Waals surface area contributed by atoms with E-state index in [-0.39, 0.29) is 16.7 Å². The van der Waals surface area contributed by atoms with Crippen LogP contribution in [-0.2, 0) is 15.0 Å². The average molecular weight is 438 g/mol. The summed E-state index contributed by atoms with van der Waals surface area (Å²) in [5.41, 5.74) is 2.24. The van der Waals surface area contributed by atoms with Crippen LogP contribution in [0.3, 0.4) is 0 Å². The molecule has 1 fully saturated rings. The van der Waals surface area contributed by atoms with Gasteiger partial charge in [0.05, 0.1) is 31.4 Å². The summed E-state index contributed by atoms with van der Waals surface area (Å²) in [6.45, 7) is 8.73. The molecule has 1 N–H and O–H groups in total. The lowest BCUT2D eigenvalue weighted by Gasteiger charge is -2.26. The normalized spacial score (nSPS) is 18.2. The minimum atomic E-state index is -0.703. The van der Waals surface area contributed by atoms with Crippen LogP contribution >= 0.6 is 0 Å². The Morgan fingerprint density at radius 2 is 1.69 bits per heavy atom. The first kappa shape index (κ1) is 23.4. The van der Waals surface area contributed by atoms with Gasteiger partial charge in [0, 0.05) is 6.54 Å². The number of aliphatic hydroxyl groups is 1. The zero-order chi connectivity index (χ0) is 23.6. The van der Waals surface area contributed by atoms with Crippen LogP contribution in [-0.4, -0.2) is 42.5 Å². The molecule has 1 atom stereocenters. The van der Waals surface area contributed by atoms with E-state index in [2.05, 4.69) is 20.8 Å². The molecule has 170 valence electrons. The number of rotatable bonds is 6. The predicted molar refractivity (Wildman–Crippen MR) is 124 cm³/mol. The summed E-state index contributed by atoms with van der Waals surface area (Å²) in [5, 5.41) is 11.3. The summed E-state index contributed by atoms with van der Waals surface area (Å²) in [6.07, 6.45) is 0.687. The van der Waals surface area contributed by atoms with Gasteiger partial charge in [-0.1, -0.05) is 52.0 Å². The third-order valence-electron chi connectivity index (χ3n) is 5.76. The Labute approximate surface area is 189 Å². The van der Waals surface area contributed by atoms with Crippen molar-refractivity contribution in [3.8, 4) is 11.5 Å². The third kappa shape index (κ3) is 4.22. The first-order valence-electron chi connectivity index (χ1n) is 10.7. The molecule has 1 unspecified atom stereocenters. The zero-order valence-corrected chi connectivity index (χ0v) is 19.6. The number of carbonyl (C=O) groups excluding carboxylic acids is 2. The van der Waals surface area contributed by atoms with Crippen LogP contribution in [0.1, 0.15) is 56.8 Å². The molecule has 32 heavy (non-hydrogen) atoms. The fraction of sp³-hybridized carbons (Fsp3) is 0.385. The summed E-state index contributed by atoms with van der Waals surface area (Å²) >= 11 is 0. The Hall–Kier alpha value is -3.28. The number of nitrogens with zero attached hydrogens (tertiary/aromatic N) is 1. The van der Waals surface area contributed by atoms with E-state index in [1.165, 1.54) is 19.1 Å². The topological polar surface area (TPSA) is 76.1 Å². The third-order valence-corrected chi connectivity index (χ3v) is 5.76. The Kier molecular flexibility index (Phi) is 6.63. The molecule has 0 radical (unpaired) electrons. The number of carbonyl (C=O) groups is 2. The van der Waals surface area contributed by atoms with Gasteiger partial charge in [-0.3, -0.25) is 9.59 Å². The monoisotopic (exact) mass is 437 g/mol. The number of amides is 1. The fourth-order valence-corrected chi connectivity index (χ4v) is 4.01. The van der Waals surface area contributed by atoms with Gasteiger partial charge in [-0.25, -0.2) is 0 Å². The largest absolute Gasteiger partial charge is 0.507 e. The minimum Gasteiger partial charge on any atom is -0.507 e. The number of hydrogen-bond acceptors (Lipinski definition) is 5. The van der Waals surface area contributed by atoms with Crippen LogP contribution in [0.15, 0.2) is 48.0 Å². The van der Waals surface area contributed by atoms with E-state index in [0.717, 1.165) is 11.1 Å². The standard InChI is InChI=1S/C26H31NO5/c1-7-14-27-22(16-8-10-17(11-9-16)26(2,3)4)21(24(29)25(27)30)23(28)19-15-18(31-5)12-13-20(19)32-6/h8-13,15,22,28H,7,14H2,1-6H3/b23-21+. The van der Waals surface area contributed by atoms with E-state index in [1.807, 2.05) is 31.2 Å². The highest BCUT2D eigenvalue weighted by Gasteiger charge is 2.46. The SMILES string of the molecule is CCCN1C(=O)C(=O)/C(=C(/O)c2cc(OC)ccc2OC)C1c1ccc(C(C)(C)C)cc1. The second-order valence-electron chi connectivity index (χ2n) is 8.93. The molecule has 0 saturated carbocycles. The van der Waals surface area contributed by atoms with Gasteiger partial charge in [0.15, 0.2) is 0 Å². The molecule has 1 saturated heterocycles. The number of hydrogen-bond donors (Lipinski definition) is 1. The lowest BCUT2D eigenvalue weighted by atomic mass is 9.85. The lowest BCUT2D eigenvalue weighted by molar-refractivity contribution is -0.139. The van der Waals surface area contributed by atoms with Crippen molar-refractivity contribution in [3.05, 3.63) is 64.7 Å². The van der Waals surface area contributed by atoms with E-state index in [9.17, 15) is 14.7 Å². The van der Waals surface area contributed by atoms with Gasteiger partial charge < -0.3 is 19.5 Å². The summed E-state index contributed by atoms with van der Waals surface area (Å²) in [5.74, 6) is -0.707. The number of Topliss-reactive ketones (excluding diaryl/α,β-unsaturated/α-hetero) is 1. The van der Waals surface area contributed by atoms with Crippen LogP contribution in [0.2, 0.25) is 0 Å². The molecule has 3 rings (SSSR count). The maximum Gasteiger partial charge on any atom is 0.295 e. The van der Waals surface area contributed by atoms with Crippen molar-refractivity contribution in [2.24, 2.45) is 0 Å². The molecule has 2 aromatic carbocycles. The molecule has 2 aromatic rings. The quantitative estimate of drug-likeness (QED) is 0.398. The van der Waals surface area contributed by atoms with Crippen LogP contribution in [0.5, 0.6) is 11.5 Å². The number of likely N-dealkylation sites (tertiary alicyclic amines) is 1. The molecule has 1 amide bonds. The van der Waals surface area contributed by atoms with Crippen molar-refractivity contribution in [2.75, 3.05) is 20.8 Å². The van der Waals surface area contributed by atoms with E-state index in [4.69, 9.17) is 9.47 Å². The smallest absolute Gasteiger partial charge is 0.295 e. The maximum absolute atomic E-state index is 13.1. The van der Waals surface area contributed by atoms with Crippen LogP contribution in [0.4, 0.5) is 0 Å². The molecule has 0 bridgehead atoms. The van der Waals surface area contributed by atoms with Gasteiger partial charge in [-0.05, 0) is 41.2 Å². The van der Waals surface area contributed by atoms with Crippen molar-refractivity contribution in [3.63, 3.8) is 0 Å². The molecule has 6 nitrogen and oxygen atoms in total. The van der Waals surface area contributed by atoms with Crippen molar-refractivity contribution in [2.45, 2.75) is 45.6 Å². The molecule has 0 aliphatic carbocycles. The van der Waals surface area contributed by atoms with Crippen LogP contribution < -0.4 is 9.47 Å². The highest BCUT2D eigenvalue weighted by atomic mass is 16.5. The Bertz CT molecular complexity index is 1050. The van der Waals surface area contributed by atoms with E-state index in [1.54, 1.807) is 18.2 Å². The second-order valence-corrected chi connectivity index (χ2v) is 8.93. The number of benzene rings is 2.